The maximum atomic E-state index is 12.4. The van der Waals surface area contributed by atoms with Crippen LogP contribution < -0.4 is 10.6 Å². The number of aromatic nitrogens is 2. The molecule has 6 heteroatoms. The van der Waals surface area contributed by atoms with Crippen molar-refractivity contribution in [2.24, 2.45) is 0 Å². The quantitative estimate of drug-likeness (QED) is 0.825. The molecule has 0 saturated carbocycles. The van der Waals surface area contributed by atoms with Crippen LogP contribution >= 0.6 is 11.5 Å². The molecule has 1 heterocycles. The van der Waals surface area contributed by atoms with Gasteiger partial charge in [0.1, 0.15) is 4.88 Å². The molecule has 2 aromatic rings. The molecule has 0 fully saturated rings. The zero-order valence-electron chi connectivity index (χ0n) is 12.3. The molecule has 0 atom stereocenters. The molecule has 0 aliphatic heterocycles. The summed E-state index contributed by atoms with van der Waals surface area (Å²) >= 11 is 1.15. The number of carbonyl (C=O) groups excluding carboxylic acids is 1. The van der Waals surface area contributed by atoms with Crippen LogP contribution in [0.2, 0.25) is 0 Å². The van der Waals surface area contributed by atoms with Crippen molar-refractivity contribution in [3.63, 3.8) is 0 Å². The number of benzene rings is 1. The van der Waals surface area contributed by atoms with Gasteiger partial charge in [-0.1, -0.05) is 43.0 Å². The SMILES string of the molecule is CCCc1nnsc1C(=O)Nc1ccccc1CNCC. The summed E-state index contributed by atoms with van der Waals surface area (Å²) < 4.78 is 3.89. The maximum Gasteiger partial charge on any atom is 0.269 e. The number of amides is 1. The van der Waals surface area contributed by atoms with E-state index in [1.807, 2.05) is 24.3 Å². The van der Waals surface area contributed by atoms with Crippen LogP contribution in [0.5, 0.6) is 0 Å². The zero-order valence-corrected chi connectivity index (χ0v) is 13.2. The third kappa shape index (κ3) is 4.09. The van der Waals surface area contributed by atoms with Gasteiger partial charge in [-0.2, -0.15) is 0 Å². The van der Waals surface area contributed by atoms with Gasteiger partial charge in [0.25, 0.3) is 5.91 Å². The predicted octanol–water partition coefficient (Wildman–Crippen LogP) is 2.85. The smallest absolute Gasteiger partial charge is 0.269 e. The Bertz CT molecular complexity index is 597. The third-order valence-corrected chi connectivity index (χ3v) is 3.85. The fraction of sp³-hybridized carbons (Fsp3) is 0.400. The van der Waals surface area contributed by atoms with E-state index in [2.05, 4.69) is 34.1 Å². The summed E-state index contributed by atoms with van der Waals surface area (Å²) in [6.45, 7) is 5.74. The summed E-state index contributed by atoms with van der Waals surface area (Å²) in [5.74, 6) is -0.127. The van der Waals surface area contributed by atoms with Crippen molar-refractivity contribution in [1.82, 2.24) is 14.9 Å². The van der Waals surface area contributed by atoms with Crippen LogP contribution in [0.4, 0.5) is 5.69 Å². The first kappa shape index (κ1) is 15.6. The molecule has 0 aliphatic rings. The van der Waals surface area contributed by atoms with Crippen LogP contribution in [0.15, 0.2) is 24.3 Å². The Hall–Kier alpha value is -1.79. The molecule has 1 aromatic heterocycles. The normalized spacial score (nSPS) is 10.6. The van der Waals surface area contributed by atoms with Gasteiger partial charge in [0.2, 0.25) is 0 Å². The van der Waals surface area contributed by atoms with Gasteiger partial charge in [0, 0.05) is 12.2 Å². The molecule has 2 N–H and O–H groups in total. The molecule has 0 spiro atoms. The van der Waals surface area contributed by atoms with E-state index in [9.17, 15) is 4.79 Å². The van der Waals surface area contributed by atoms with E-state index < -0.39 is 0 Å². The molecular weight excluding hydrogens is 284 g/mol. The Morgan fingerprint density at radius 2 is 2.10 bits per heavy atom. The molecule has 112 valence electrons. The Morgan fingerprint density at radius 1 is 1.29 bits per heavy atom. The summed E-state index contributed by atoms with van der Waals surface area (Å²) in [6.07, 6.45) is 1.72. The van der Waals surface area contributed by atoms with Gasteiger partial charge in [-0.15, -0.1) is 5.10 Å². The number of hydrogen-bond donors (Lipinski definition) is 2. The third-order valence-electron chi connectivity index (χ3n) is 3.08. The maximum absolute atomic E-state index is 12.4. The summed E-state index contributed by atoms with van der Waals surface area (Å²) in [5.41, 5.74) is 2.69. The van der Waals surface area contributed by atoms with Crippen molar-refractivity contribution in [2.45, 2.75) is 33.2 Å². The highest BCUT2D eigenvalue weighted by Crippen LogP contribution is 2.19. The van der Waals surface area contributed by atoms with Gasteiger partial charge < -0.3 is 10.6 Å². The van der Waals surface area contributed by atoms with Crippen LogP contribution in [-0.2, 0) is 13.0 Å². The van der Waals surface area contributed by atoms with E-state index in [0.29, 0.717) is 4.88 Å². The second kappa shape index (κ2) is 7.85. The second-order valence-corrected chi connectivity index (χ2v) is 5.44. The van der Waals surface area contributed by atoms with Crippen molar-refractivity contribution in [3.8, 4) is 0 Å². The van der Waals surface area contributed by atoms with Crippen LogP contribution in [0, 0.1) is 0 Å². The van der Waals surface area contributed by atoms with Crippen molar-refractivity contribution < 1.29 is 4.79 Å². The van der Waals surface area contributed by atoms with Crippen LogP contribution in [0.1, 0.15) is 41.2 Å². The summed E-state index contributed by atoms with van der Waals surface area (Å²) in [6, 6.07) is 7.82. The van der Waals surface area contributed by atoms with Crippen molar-refractivity contribution in [3.05, 3.63) is 40.4 Å². The first-order valence-electron chi connectivity index (χ1n) is 7.17. The van der Waals surface area contributed by atoms with E-state index >= 15 is 0 Å². The Morgan fingerprint density at radius 3 is 2.86 bits per heavy atom. The van der Waals surface area contributed by atoms with Crippen LogP contribution in [0.25, 0.3) is 0 Å². The van der Waals surface area contributed by atoms with Gasteiger partial charge in [0.15, 0.2) is 0 Å². The number of hydrogen-bond acceptors (Lipinski definition) is 5. The molecule has 5 nitrogen and oxygen atoms in total. The number of carbonyl (C=O) groups is 1. The first-order chi connectivity index (χ1) is 10.3. The summed E-state index contributed by atoms with van der Waals surface area (Å²) in [5, 5.41) is 10.3. The topological polar surface area (TPSA) is 66.9 Å². The molecular formula is C15H20N4OS. The lowest BCUT2D eigenvalue weighted by Gasteiger charge is -2.11. The molecule has 0 aliphatic carbocycles. The standard InChI is InChI=1S/C15H20N4OS/c1-3-7-13-14(21-19-18-13)15(20)17-12-9-6-5-8-11(12)10-16-4-2/h5-6,8-9,16H,3-4,7,10H2,1-2H3,(H,17,20). The average Bonchev–Trinajstić information content (AvgIpc) is 2.95. The minimum absolute atomic E-state index is 0.127. The zero-order chi connectivity index (χ0) is 15.1. The predicted molar refractivity (Wildman–Crippen MR) is 85.7 cm³/mol. The van der Waals surface area contributed by atoms with E-state index in [4.69, 9.17) is 0 Å². The van der Waals surface area contributed by atoms with E-state index in [0.717, 1.165) is 54.4 Å². The number of nitrogens with zero attached hydrogens (tertiary/aromatic N) is 2. The minimum Gasteiger partial charge on any atom is -0.321 e. The van der Waals surface area contributed by atoms with Gasteiger partial charge >= 0.3 is 0 Å². The fourth-order valence-electron chi connectivity index (χ4n) is 2.02. The van der Waals surface area contributed by atoms with Gasteiger partial charge in [-0.25, -0.2) is 0 Å². The molecule has 0 unspecified atom stereocenters. The molecule has 1 aromatic carbocycles. The number of para-hydroxylation sites is 1. The lowest BCUT2D eigenvalue weighted by Crippen LogP contribution is -2.17. The van der Waals surface area contributed by atoms with Gasteiger partial charge in [-0.05, 0) is 36.1 Å². The lowest BCUT2D eigenvalue weighted by atomic mass is 10.1. The van der Waals surface area contributed by atoms with E-state index in [-0.39, 0.29) is 5.91 Å². The summed E-state index contributed by atoms with van der Waals surface area (Å²) in [4.78, 5) is 13.0. The monoisotopic (exact) mass is 304 g/mol. The Balaban J connectivity index is 2.14. The Labute approximate surface area is 128 Å². The molecule has 21 heavy (non-hydrogen) atoms. The number of anilines is 1. The van der Waals surface area contributed by atoms with Crippen molar-refractivity contribution in [2.75, 3.05) is 11.9 Å². The molecule has 0 bridgehead atoms. The number of aryl methyl sites for hydroxylation is 1. The highest BCUT2D eigenvalue weighted by atomic mass is 32.1. The second-order valence-electron chi connectivity index (χ2n) is 4.69. The Kier molecular flexibility index (Phi) is 5.83. The number of nitrogens with one attached hydrogen (secondary N) is 2. The van der Waals surface area contributed by atoms with E-state index in [1.165, 1.54) is 0 Å². The molecule has 2 rings (SSSR count). The molecule has 0 saturated heterocycles. The van der Waals surface area contributed by atoms with Gasteiger partial charge in [-0.3, -0.25) is 4.79 Å². The highest BCUT2D eigenvalue weighted by molar-refractivity contribution is 7.08. The first-order valence-corrected chi connectivity index (χ1v) is 7.94. The fourth-order valence-corrected chi connectivity index (χ4v) is 2.62. The van der Waals surface area contributed by atoms with E-state index in [1.54, 1.807) is 0 Å². The van der Waals surface area contributed by atoms with Crippen LogP contribution in [0.3, 0.4) is 0 Å². The largest absolute Gasteiger partial charge is 0.321 e. The highest BCUT2D eigenvalue weighted by Gasteiger charge is 2.16. The minimum atomic E-state index is -0.127. The molecule has 0 radical (unpaired) electrons. The molecule has 1 amide bonds. The summed E-state index contributed by atoms with van der Waals surface area (Å²) in [7, 11) is 0. The van der Waals surface area contributed by atoms with Crippen molar-refractivity contribution >= 4 is 23.1 Å². The van der Waals surface area contributed by atoms with Gasteiger partial charge in [0.05, 0.1) is 5.69 Å². The van der Waals surface area contributed by atoms with Crippen molar-refractivity contribution in [1.29, 1.82) is 0 Å². The average molecular weight is 304 g/mol. The lowest BCUT2D eigenvalue weighted by molar-refractivity contribution is 0.102. The number of rotatable bonds is 7. The van der Waals surface area contributed by atoms with Crippen LogP contribution in [-0.4, -0.2) is 22.0 Å².